The normalized spacial score (nSPS) is 11.1. The van der Waals surface area contributed by atoms with Gasteiger partial charge in [-0.2, -0.15) is 0 Å². The molecule has 0 aromatic heterocycles. The molecule has 0 radical (unpaired) electrons. The largest absolute Gasteiger partial charge is 0.495 e. The minimum atomic E-state index is -0.864. The Morgan fingerprint density at radius 2 is 1.56 bits per heavy atom. The second-order valence-corrected chi connectivity index (χ2v) is 7.46. The molecule has 2 N–H and O–H groups in total. The van der Waals surface area contributed by atoms with E-state index in [1.165, 1.54) is 7.11 Å². The van der Waals surface area contributed by atoms with Crippen LogP contribution >= 0.6 is 0 Å². The maximum absolute atomic E-state index is 12.5. The Kier molecular flexibility index (Phi) is 8.23. The molecular formula is C26H26N2O6. The number of amides is 2. The Morgan fingerprint density at radius 3 is 2.24 bits per heavy atom. The van der Waals surface area contributed by atoms with Gasteiger partial charge >= 0.3 is 5.97 Å². The highest BCUT2D eigenvalue weighted by atomic mass is 16.6. The Bertz CT molecular complexity index is 1140. The van der Waals surface area contributed by atoms with Crippen molar-refractivity contribution in [3.8, 4) is 11.5 Å². The van der Waals surface area contributed by atoms with E-state index in [-0.39, 0.29) is 5.91 Å². The first-order valence-electron chi connectivity index (χ1n) is 10.6. The van der Waals surface area contributed by atoms with Crippen molar-refractivity contribution in [3.63, 3.8) is 0 Å². The Labute approximate surface area is 197 Å². The zero-order valence-corrected chi connectivity index (χ0v) is 19.2. The first kappa shape index (κ1) is 24.3. The molecule has 8 heteroatoms. The van der Waals surface area contributed by atoms with Crippen molar-refractivity contribution in [2.45, 2.75) is 20.0 Å². The van der Waals surface area contributed by atoms with Crippen molar-refractivity contribution >= 4 is 29.2 Å². The highest BCUT2D eigenvalue weighted by Crippen LogP contribution is 2.24. The van der Waals surface area contributed by atoms with Gasteiger partial charge in [0.15, 0.2) is 12.7 Å². The van der Waals surface area contributed by atoms with Crippen molar-refractivity contribution in [2.75, 3.05) is 24.4 Å². The van der Waals surface area contributed by atoms with Gasteiger partial charge in [0.05, 0.1) is 12.8 Å². The SMILES string of the molecule is COc1ccccc1NC(=O)c1ccc(NC(=O)COC(=O)C(C)Oc2ccc(C)cc2)cc1. The van der Waals surface area contributed by atoms with E-state index in [2.05, 4.69) is 10.6 Å². The fourth-order valence-corrected chi connectivity index (χ4v) is 2.97. The van der Waals surface area contributed by atoms with Crippen LogP contribution < -0.4 is 20.1 Å². The lowest BCUT2D eigenvalue weighted by molar-refractivity contribution is -0.153. The summed E-state index contributed by atoms with van der Waals surface area (Å²) < 4.78 is 15.8. The number of methoxy groups -OCH3 is 1. The number of hydrogen-bond donors (Lipinski definition) is 2. The maximum atomic E-state index is 12.5. The van der Waals surface area contributed by atoms with Gasteiger partial charge in [-0.1, -0.05) is 29.8 Å². The average molecular weight is 463 g/mol. The molecule has 0 heterocycles. The second-order valence-electron chi connectivity index (χ2n) is 7.46. The number of rotatable bonds is 9. The molecule has 0 aliphatic carbocycles. The van der Waals surface area contributed by atoms with E-state index >= 15 is 0 Å². The van der Waals surface area contributed by atoms with Crippen molar-refractivity contribution in [1.82, 2.24) is 0 Å². The van der Waals surface area contributed by atoms with Crippen LogP contribution in [0.2, 0.25) is 0 Å². The van der Waals surface area contributed by atoms with Crippen LogP contribution in [0.1, 0.15) is 22.8 Å². The van der Waals surface area contributed by atoms with Crippen molar-refractivity contribution in [2.24, 2.45) is 0 Å². The van der Waals surface area contributed by atoms with Crippen LogP contribution in [-0.4, -0.2) is 37.6 Å². The number of carbonyl (C=O) groups excluding carboxylic acids is 3. The molecular weight excluding hydrogens is 436 g/mol. The van der Waals surface area contributed by atoms with E-state index in [0.29, 0.717) is 28.4 Å². The number of hydrogen-bond acceptors (Lipinski definition) is 6. The Morgan fingerprint density at radius 1 is 0.882 bits per heavy atom. The van der Waals surface area contributed by atoms with Crippen LogP contribution in [0.15, 0.2) is 72.8 Å². The number of benzene rings is 3. The lowest BCUT2D eigenvalue weighted by atomic mass is 10.2. The Balaban J connectivity index is 1.47. The van der Waals surface area contributed by atoms with Crippen LogP contribution in [0.5, 0.6) is 11.5 Å². The highest BCUT2D eigenvalue weighted by molar-refractivity contribution is 6.05. The zero-order valence-electron chi connectivity index (χ0n) is 19.2. The van der Waals surface area contributed by atoms with E-state index in [4.69, 9.17) is 14.2 Å². The summed E-state index contributed by atoms with van der Waals surface area (Å²) in [5, 5.41) is 5.40. The third kappa shape index (κ3) is 6.83. The highest BCUT2D eigenvalue weighted by Gasteiger charge is 2.18. The average Bonchev–Trinajstić information content (AvgIpc) is 2.84. The number of nitrogens with one attached hydrogen (secondary N) is 2. The van der Waals surface area contributed by atoms with Crippen LogP contribution in [0.4, 0.5) is 11.4 Å². The minimum Gasteiger partial charge on any atom is -0.495 e. The molecule has 0 saturated heterocycles. The molecule has 2 amide bonds. The monoisotopic (exact) mass is 462 g/mol. The van der Waals surface area contributed by atoms with Crippen LogP contribution in [-0.2, 0) is 14.3 Å². The lowest BCUT2D eigenvalue weighted by Gasteiger charge is -2.14. The number of aryl methyl sites for hydroxylation is 1. The van der Waals surface area contributed by atoms with Crippen LogP contribution in [0.3, 0.4) is 0 Å². The molecule has 3 aromatic carbocycles. The molecule has 0 spiro atoms. The molecule has 1 atom stereocenters. The van der Waals surface area contributed by atoms with Gasteiger partial charge in [-0.3, -0.25) is 9.59 Å². The van der Waals surface area contributed by atoms with Crippen LogP contribution in [0, 0.1) is 6.92 Å². The van der Waals surface area contributed by atoms with Gasteiger partial charge in [0.25, 0.3) is 11.8 Å². The van der Waals surface area contributed by atoms with Gasteiger partial charge < -0.3 is 24.8 Å². The molecule has 3 rings (SSSR count). The van der Waals surface area contributed by atoms with Crippen molar-refractivity contribution in [1.29, 1.82) is 0 Å². The zero-order chi connectivity index (χ0) is 24.5. The van der Waals surface area contributed by atoms with Crippen molar-refractivity contribution in [3.05, 3.63) is 83.9 Å². The molecule has 0 aliphatic heterocycles. The molecule has 0 bridgehead atoms. The summed E-state index contributed by atoms with van der Waals surface area (Å²) in [6.07, 6.45) is -0.864. The summed E-state index contributed by atoms with van der Waals surface area (Å²) in [7, 11) is 1.53. The summed E-state index contributed by atoms with van der Waals surface area (Å²) in [4.78, 5) is 36.7. The summed E-state index contributed by atoms with van der Waals surface area (Å²) in [6.45, 7) is 3.04. The minimum absolute atomic E-state index is 0.320. The molecule has 34 heavy (non-hydrogen) atoms. The summed E-state index contributed by atoms with van der Waals surface area (Å²) in [5.41, 5.74) is 2.48. The van der Waals surface area contributed by atoms with Gasteiger partial charge in [-0.15, -0.1) is 0 Å². The smallest absolute Gasteiger partial charge is 0.347 e. The number of carbonyl (C=O) groups is 3. The predicted octanol–water partition coefficient (Wildman–Crippen LogP) is 4.21. The topological polar surface area (TPSA) is 103 Å². The standard InChI is InChI=1S/C26H26N2O6/c1-17-8-14-21(15-9-17)34-18(2)26(31)33-16-24(29)27-20-12-10-19(11-13-20)25(30)28-22-6-4-5-7-23(22)32-3/h4-15,18H,16H2,1-3H3,(H,27,29)(H,28,30). The summed E-state index contributed by atoms with van der Waals surface area (Å²) in [6, 6.07) is 20.6. The van der Waals surface area contributed by atoms with Gasteiger partial charge in [0.2, 0.25) is 0 Å². The summed E-state index contributed by atoms with van der Waals surface area (Å²) in [5.74, 6) is -0.401. The predicted molar refractivity (Wildman–Crippen MR) is 128 cm³/mol. The molecule has 0 saturated carbocycles. The fourth-order valence-electron chi connectivity index (χ4n) is 2.97. The van der Waals surface area contributed by atoms with Crippen LogP contribution in [0.25, 0.3) is 0 Å². The van der Waals surface area contributed by atoms with E-state index in [0.717, 1.165) is 5.56 Å². The van der Waals surface area contributed by atoms with Gasteiger partial charge in [0.1, 0.15) is 11.5 Å². The van der Waals surface area contributed by atoms with Crippen molar-refractivity contribution < 1.29 is 28.6 Å². The lowest BCUT2D eigenvalue weighted by Crippen LogP contribution is -2.29. The Hall–Kier alpha value is -4.33. The molecule has 1 unspecified atom stereocenters. The van der Waals surface area contributed by atoms with E-state index < -0.39 is 24.6 Å². The van der Waals surface area contributed by atoms with Gasteiger partial charge in [-0.25, -0.2) is 4.79 Å². The van der Waals surface area contributed by atoms with E-state index in [1.54, 1.807) is 67.6 Å². The third-order valence-electron chi connectivity index (χ3n) is 4.80. The summed E-state index contributed by atoms with van der Waals surface area (Å²) >= 11 is 0. The first-order valence-corrected chi connectivity index (χ1v) is 10.6. The van der Waals surface area contributed by atoms with Gasteiger partial charge in [-0.05, 0) is 62.4 Å². The number of ether oxygens (including phenoxy) is 3. The number of esters is 1. The fraction of sp³-hybridized carbons (Fsp3) is 0.192. The molecule has 0 aliphatic rings. The van der Waals surface area contributed by atoms with E-state index in [1.807, 2.05) is 19.1 Å². The second kappa shape index (κ2) is 11.5. The molecule has 8 nitrogen and oxygen atoms in total. The molecule has 0 fully saturated rings. The quantitative estimate of drug-likeness (QED) is 0.462. The molecule has 3 aromatic rings. The van der Waals surface area contributed by atoms with E-state index in [9.17, 15) is 14.4 Å². The first-order chi connectivity index (χ1) is 16.4. The van der Waals surface area contributed by atoms with Gasteiger partial charge in [0, 0.05) is 11.3 Å². The third-order valence-corrected chi connectivity index (χ3v) is 4.80. The maximum Gasteiger partial charge on any atom is 0.347 e. The number of para-hydroxylation sites is 2. The molecule has 176 valence electrons. The number of anilines is 2.